The fraction of sp³-hybridized carbons (Fsp3) is 0.410. The molecule has 0 aliphatic carbocycles. The molecule has 0 unspecified atom stereocenters. The molecule has 0 saturated heterocycles. The highest BCUT2D eigenvalue weighted by atomic mass is 35.5. The van der Waals surface area contributed by atoms with Gasteiger partial charge >= 0.3 is 0 Å². The molecule has 63 heavy (non-hydrogen) atoms. The number of halogens is 1. The zero-order valence-electron chi connectivity index (χ0n) is 41.4. The van der Waals surface area contributed by atoms with Crippen molar-refractivity contribution < 1.29 is 4.74 Å². The Hall–Kier alpha value is -5.51. The first kappa shape index (κ1) is 59.6. The van der Waals surface area contributed by atoms with E-state index in [1.807, 2.05) is 32.0 Å². The van der Waals surface area contributed by atoms with Crippen molar-refractivity contribution in [2.24, 2.45) is 0 Å². The van der Waals surface area contributed by atoms with Crippen molar-refractivity contribution in [2.45, 2.75) is 154 Å². The largest absolute Gasteiger partial charge is 0.372 e. The van der Waals surface area contributed by atoms with E-state index >= 15 is 0 Å². The molecule has 0 spiro atoms. The molecule has 0 heterocycles. The van der Waals surface area contributed by atoms with Crippen LogP contribution >= 0.6 is 11.6 Å². The van der Waals surface area contributed by atoms with Gasteiger partial charge in [-0.25, -0.2) is 0 Å². The standard InChI is InChI=1S/C12H14.C11H11Cl.2C11H12.C9H16O.C7H12/c1-4-5-6-12-8-7-10(2)11(3)9-12;1-3-4-5-10-7-6-9(2)11(12)8-10;2*1-3-4-5-11-8-6-10(2)7-9-11;1-3-4-5-6-7-8-9-10-2;1-3-5-7-6-4-2/h7-9H,4H2,1-3H3;6-8H,3H2,1-2H3;2*6-9H,3H2,1-2H3;3-6,9H2,1-2H3;3-5H2,1-2H3. The summed E-state index contributed by atoms with van der Waals surface area (Å²) in [5.74, 6) is 36.4. The van der Waals surface area contributed by atoms with E-state index in [4.69, 9.17) is 16.3 Å². The Kier molecular flexibility index (Phi) is 40.8. The third kappa shape index (κ3) is 36.8. The van der Waals surface area contributed by atoms with Crippen LogP contribution in [0.5, 0.6) is 0 Å². The molecule has 4 aromatic carbocycles. The maximum Gasteiger partial charge on any atom is 0.107 e. The van der Waals surface area contributed by atoms with Gasteiger partial charge in [0.1, 0.15) is 6.61 Å². The molecule has 0 radical (unpaired) electrons. The zero-order chi connectivity index (χ0) is 47.4. The number of hydrogen-bond acceptors (Lipinski definition) is 1. The molecule has 0 aliphatic heterocycles. The average Bonchev–Trinajstić information content (AvgIpc) is 3.29. The molecular weight excluding hydrogens is 784 g/mol. The minimum absolute atomic E-state index is 0.576. The third-order valence-electron chi connectivity index (χ3n) is 8.34. The van der Waals surface area contributed by atoms with Crippen LogP contribution in [-0.2, 0) is 4.74 Å². The monoisotopic (exact) mass is 861 g/mol. The van der Waals surface area contributed by atoms with Gasteiger partial charge in [-0.3, -0.25) is 0 Å². The van der Waals surface area contributed by atoms with Crippen LogP contribution in [0, 0.1) is 106 Å². The lowest BCUT2D eigenvalue weighted by Gasteiger charge is -1.98. The van der Waals surface area contributed by atoms with Crippen LogP contribution in [0.3, 0.4) is 0 Å². The first-order chi connectivity index (χ1) is 30.5. The highest BCUT2D eigenvalue weighted by molar-refractivity contribution is 6.31. The Morgan fingerprint density at radius 1 is 0.397 bits per heavy atom. The van der Waals surface area contributed by atoms with Gasteiger partial charge in [-0.2, -0.15) is 0 Å². The van der Waals surface area contributed by atoms with E-state index in [0.29, 0.717) is 6.61 Å². The summed E-state index contributed by atoms with van der Waals surface area (Å²) in [6.07, 6.45) is 11.7. The summed E-state index contributed by atoms with van der Waals surface area (Å²) in [4.78, 5) is 0. The average molecular weight is 862 g/mol. The van der Waals surface area contributed by atoms with Crippen LogP contribution in [0.4, 0.5) is 0 Å². The van der Waals surface area contributed by atoms with Gasteiger partial charge in [-0.05, 0) is 113 Å². The lowest BCUT2D eigenvalue weighted by Crippen LogP contribution is -1.81. The van der Waals surface area contributed by atoms with Crippen molar-refractivity contribution in [3.8, 4) is 71.0 Å². The highest BCUT2D eigenvalue weighted by Crippen LogP contribution is 2.16. The van der Waals surface area contributed by atoms with E-state index in [2.05, 4.69) is 207 Å². The molecule has 0 amide bonds. The minimum Gasteiger partial charge on any atom is -0.372 e. The summed E-state index contributed by atoms with van der Waals surface area (Å²) in [5.41, 5.74) is 10.6. The molecule has 4 aromatic rings. The summed E-state index contributed by atoms with van der Waals surface area (Å²) in [7, 11) is 1.67. The van der Waals surface area contributed by atoms with Crippen LogP contribution in [0.25, 0.3) is 0 Å². The maximum atomic E-state index is 5.92. The van der Waals surface area contributed by atoms with Crippen LogP contribution in [0.1, 0.15) is 169 Å². The number of aryl methyl sites for hydroxylation is 5. The molecular formula is C61H77ClO. The maximum absolute atomic E-state index is 5.92. The van der Waals surface area contributed by atoms with Crippen LogP contribution in [0.15, 0.2) is 84.9 Å². The Labute approximate surface area is 393 Å². The first-order valence-electron chi connectivity index (χ1n) is 22.8. The molecule has 1 nitrogen and oxygen atoms in total. The quantitative estimate of drug-likeness (QED) is 0.143. The summed E-state index contributed by atoms with van der Waals surface area (Å²) in [5, 5.41) is 0.790. The van der Waals surface area contributed by atoms with Gasteiger partial charge in [0.05, 0.1) is 0 Å². The fourth-order valence-corrected chi connectivity index (χ4v) is 4.72. The predicted octanol–water partition coefficient (Wildman–Crippen LogP) is 16.4. The van der Waals surface area contributed by atoms with E-state index in [9.17, 15) is 0 Å². The Morgan fingerprint density at radius 2 is 0.810 bits per heavy atom. The normalized spacial score (nSPS) is 8.54. The van der Waals surface area contributed by atoms with Crippen LogP contribution in [0.2, 0.25) is 5.02 Å². The van der Waals surface area contributed by atoms with E-state index in [1.54, 1.807) is 7.11 Å². The number of methoxy groups -OCH3 is 1. The van der Waals surface area contributed by atoms with Gasteiger partial charge in [0, 0.05) is 79.3 Å². The number of ether oxygens (including phenoxy) is 1. The smallest absolute Gasteiger partial charge is 0.107 e. The molecule has 0 fully saturated rings. The van der Waals surface area contributed by atoms with Gasteiger partial charge < -0.3 is 4.74 Å². The molecule has 0 aromatic heterocycles. The van der Waals surface area contributed by atoms with E-state index < -0.39 is 0 Å². The summed E-state index contributed by atoms with van der Waals surface area (Å²) >= 11 is 5.92. The molecule has 0 saturated carbocycles. The van der Waals surface area contributed by atoms with Gasteiger partial charge in [0.25, 0.3) is 0 Å². The molecule has 4 rings (SSSR count). The zero-order valence-corrected chi connectivity index (χ0v) is 42.1. The SMILES string of the molecule is CCC#CCCC.CCC#Cc1ccc(C)c(C)c1.CCC#Cc1ccc(C)c(Cl)c1.CCC#Cc1ccc(C)cc1.CCC#Cc1ccc(C)cc1.CCCCCC#CCOC. The van der Waals surface area contributed by atoms with E-state index in [-0.39, 0.29) is 0 Å². The Morgan fingerprint density at radius 3 is 1.21 bits per heavy atom. The molecule has 0 bridgehead atoms. The molecule has 0 N–H and O–H groups in total. The number of benzene rings is 4. The molecule has 2 heteroatoms. The van der Waals surface area contributed by atoms with Gasteiger partial charge in [-0.1, -0.05) is 174 Å². The molecule has 0 atom stereocenters. The van der Waals surface area contributed by atoms with Crippen LogP contribution in [-0.4, -0.2) is 13.7 Å². The lowest BCUT2D eigenvalue weighted by atomic mass is 10.1. The minimum atomic E-state index is 0.576. The van der Waals surface area contributed by atoms with Crippen molar-refractivity contribution in [1.82, 2.24) is 0 Å². The molecule has 334 valence electrons. The Balaban J connectivity index is 0. The number of rotatable bonds is 5. The van der Waals surface area contributed by atoms with Crippen molar-refractivity contribution in [3.63, 3.8) is 0 Å². The Bertz CT molecular complexity index is 2040. The predicted molar refractivity (Wildman–Crippen MR) is 280 cm³/mol. The number of unbranched alkanes of at least 4 members (excludes halogenated alkanes) is 4. The van der Waals surface area contributed by atoms with Crippen molar-refractivity contribution in [2.75, 3.05) is 13.7 Å². The summed E-state index contributed by atoms with van der Waals surface area (Å²) in [6.45, 7) is 25.6. The first-order valence-corrected chi connectivity index (χ1v) is 23.2. The summed E-state index contributed by atoms with van der Waals surface area (Å²) < 4.78 is 4.77. The van der Waals surface area contributed by atoms with Crippen LogP contribution < -0.4 is 0 Å². The van der Waals surface area contributed by atoms with Crippen molar-refractivity contribution in [3.05, 3.63) is 140 Å². The topological polar surface area (TPSA) is 9.23 Å². The lowest BCUT2D eigenvalue weighted by molar-refractivity contribution is 0.239. The van der Waals surface area contributed by atoms with Gasteiger partial charge in [-0.15, -0.1) is 17.8 Å². The van der Waals surface area contributed by atoms with E-state index in [0.717, 1.165) is 77.8 Å². The van der Waals surface area contributed by atoms with Crippen molar-refractivity contribution >= 4 is 11.6 Å². The van der Waals surface area contributed by atoms with Gasteiger partial charge in [0.2, 0.25) is 0 Å². The van der Waals surface area contributed by atoms with Gasteiger partial charge in [0.15, 0.2) is 0 Å². The highest BCUT2D eigenvalue weighted by Gasteiger charge is 1.94. The summed E-state index contributed by atoms with van der Waals surface area (Å²) in [6, 6.07) is 28.8. The number of hydrogen-bond donors (Lipinski definition) is 0. The second-order valence-corrected chi connectivity index (χ2v) is 14.7. The second kappa shape index (κ2) is 43.2. The van der Waals surface area contributed by atoms with E-state index in [1.165, 1.54) is 47.9 Å². The third-order valence-corrected chi connectivity index (χ3v) is 8.75. The fourth-order valence-electron chi connectivity index (χ4n) is 4.54. The molecule has 0 aliphatic rings. The van der Waals surface area contributed by atoms with Crippen molar-refractivity contribution in [1.29, 1.82) is 0 Å². The second-order valence-electron chi connectivity index (χ2n) is 14.3.